The van der Waals surface area contributed by atoms with Crippen molar-refractivity contribution in [3.8, 4) is 0 Å². The van der Waals surface area contributed by atoms with Crippen molar-refractivity contribution in [3.05, 3.63) is 58.0 Å². The van der Waals surface area contributed by atoms with E-state index in [1.165, 1.54) is 0 Å². The molecule has 5 rings (SSSR count). The molecule has 1 aliphatic carbocycles. The van der Waals surface area contributed by atoms with Crippen LogP contribution in [0.5, 0.6) is 0 Å². The first kappa shape index (κ1) is 25.0. The van der Waals surface area contributed by atoms with Crippen LogP contribution >= 0.6 is 0 Å². The van der Waals surface area contributed by atoms with Crippen molar-refractivity contribution in [3.63, 3.8) is 0 Å². The Balaban J connectivity index is 1.25. The standard InChI is InChI=1S/C29H38N2O5/c1-5-13-30(15-26(32)22-6-7-23-24(19(22)3)16-36-27(23)33)21-8-10-29(11-9-21)12-14-31(28(29)34)25-17-35-20(4)18(25)2/h6-7,21,26,32H,4-5,8-17H2,1-3H3. The van der Waals surface area contributed by atoms with Crippen molar-refractivity contribution < 1.29 is 24.2 Å². The number of hydrogen-bond donors (Lipinski definition) is 1. The molecule has 0 radical (unpaired) electrons. The number of cyclic esters (lactones) is 1. The van der Waals surface area contributed by atoms with Gasteiger partial charge in [0.25, 0.3) is 0 Å². The normalized spacial score (nSPS) is 26.8. The SMILES string of the molecule is C=C1OCC(N2CCC3(CCC(N(CCC)CC(O)c4ccc5c(c4C)COC5=O)CC3)C2=O)=C1C. The molecule has 4 aliphatic rings. The number of hydrogen-bond acceptors (Lipinski definition) is 6. The number of allylic oxidation sites excluding steroid dienone is 1. The summed E-state index contributed by atoms with van der Waals surface area (Å²) in [6, 6.07) is 4.00. The highest BCUT2D eigenvalue weighted by Gasteiger charge is 2.50. The summed E-state index contributed by atoms with van der Waals surface area (Å²) in [7, 11) is 0. The van der Waals surface area contributed by atoms with Crippen LogP contribution in [0, 0.1) is 12.3 Å². The molecule has 7 heteroatoms. The first-order chi connectivity index (χ1) is 17.3. The van der Waals surface area contributed by atoms with Gasteiger partial charge in [0, 0.05) is 30.3 Å². The second-order valence-electron chi connectivity index (χ2n) is 10.9. The van der Waals surface area contributed by atoms with Crippen LogP contribution in [0.2, 0.25) is 0 Å². The summed E-state index contributed by atoms with van der Waals surface area (Å²) < 4.78 is 10.8. The van der Waals surface area contributed by atoms with E-state index < -0.39 is 6.10 Å². The Morgan fingerprint density at radius 1 is 1.17 bits per heavy atom. The molecule has 36 heavy (non-hydrogen) atoms. The number of likely N-dealkylation sites (tertiary alicyclic amines) is 1. The number of carbonyl (C=O) groups excluding carboxylic acids is 2. The van der Waals surface area contributed by atoms with Crippen molar-refractivity contribution in [1.29, 1.82) is 0 Å². The zero-order chi connectivity index (χ0) is 25.6. The lowest BCUT2D eigenvalue weighted by molar-refractivity contribution is -0.137. The molecule has 1 saturated carbocycles. The third kappa shape index (κ3) is 4.16. The van der Waals surface area contributed by atoms with E-state index in [1.54, 1.807) is 6.07 Å². The molecule has 7 nitrogen and oxygen atoms in total. The van der Waals surface area contributed by atoms with Crippen molar-refractivity contribution in [2.45, 2.75) is 78.0 Å². The van der Waals surface area contributed by atoms with E-state index in [0.29, 0.717) is 30.5 Å². The van der Waals surface area contributed by atoms with Gasteiger partial charge in [-0.05, 0) is 76.1 Å². The van der Waals surface area contributed by atoms with E-state index in [4.69, 9.17) is 9.47 Å². The smallest absolute Gasteiger partial charge is 0.338 e. The van der Waals surface area contributed by atoms with E-state index in [-0.39, 0.29) is 23.9 Å². The van der Waals surface area contributed by atoms with Crippen LogP contribution in [0.15, 0.2) is 35.7 Å². The average Bonchev–Trinajstić information content (AvgIpc) is 3.51. The Bertz CT molecular complexity index is 1110. The van der Waals surface area contributed by atoms with Gasteiger partial charge in [-0.25, -0.2) is 4.79 Å². The second-order valence-corrected chi connectivity index (χ2v) is 10.9. The van der Waals surface area contributed by atoms with Crippen molar-refractivity contribution in [1.82, 2.24) is 9.80 Å². The Labute approximate surface area is 213 Å². The van der Waals surface area contributed by atoms with Crippen molar-refractivity contribution in [2.75, 3.05) is 26.2 Å². The zero-order valence-corrected chi connectivity index (χ0v) is 21.8. The van der Waals surface area contributed by atoms with Crippen LogP contribution in [0.25, 0.3) is 0 Å². The molecular formula is C29H38N2O5. The fourth-order valence-electron chi connectivity index (χ4n) is 6.63. The summed E-state index contributed by atoms with van der Waals surface area (Å²) in [5.41, 5.74) is 5.03. The summed E-state index contributed by atoms with van der Waals surface area (Å²) in [4.78, 5) is 29.8. The third-order valence-corrected chi connectivity index (χ3v) is 8.99. The molecule has 3 heterocycles. The Hall–Kier alpha value is -2.64. The molecule has 0 aromatic heterocycles. The van der Waals surface area contributed by atoms with Gasteiger partial charge in [-0.3, -0.25) is 9.69 Å². The molecular weight excluding hydrogens is 456 g/mol. The molecule has 0 bridgehead atoms. The lowest BCUT2D eigenvalue weighted by Crippen LogP contribution is -2.45. The molecule has 2 fully saturated rings. The van der Waals surface area contributed by atoms with Gasteiger partial charge < -0.3 is 19.5 Å². The summed E-state index contributed by atoms with van der Waals surface area (Å²) in [6.45, 7) is 13.0. The van der Waals surface area contributed by atoms with E-state index in [0.717, 1.165) is 79.6 Å². The predicted molar refractivity (Wildman–Crippen MR) is 136 cm³/mol. The van der Waals surface area contributed by atoms with Gasteiger partial charge in [-0.15, -0.1) is 0 Å². The first-order valence-electron chi connectivity index (χ1n) is 13.3. The summed E-state index contributed by atoms with van der Waals surface area (Å²) in [5.74, 6) is 0.643. The topological polar surface area (TPSA) is 79.3 Å². The third-order valence-electron chi connectivity index (χ3n) is 8.99. The van der Waals surface area contributed by atoms with Gasteiger partial charge in [0.05, 0.1) is 22.8 Å². The number of amides is 1. The highest BCUT2D eigenvalue weighted by Crippen LogP contribution is 2.48. The number of esters is 1. The van der Waals surface area contributed by atoms with Crippen molar-refractivity contribution in [2.24, 2.45) is 5.41 Å². The van der Waals surface area contributed by atoms with Gasteiger partial charge in [0.1, 0.15) is 19.0 Å². The minimum Gasteiger partial charge on any atom is -0.488 e. The summed E-state index contributed by atoms with van der Waals surface area (Å²) in [6.07, 6.45) is 4.95. The van der Waals surface area contributed by atoms with Gasteiger partial charge in [0.2, 0.25) is 5.91 Å². The van der Waals surface area contributed by atoms with E-state index in [9.17, 15) is 14.7 Å². The van der Waals surface area contributed by atoms with Gasteiger partial charge in [-0.2, -0.15) is 0 Å². The monoisotopic (exact) mass is 494 g/mol. The molecule has 1 atom stereocenters. The number of nitrogens with zero attached hydrogens (tertiary/aromatic N) is 2. The van der Waals surface area contributed by atoms with Crippen LogP contribution in [-0.2, 0) is 20.9 Å². The van der Waals surface area contributed by atoms with E-state index >= 15 is 0 Å². The van der Waals surface area contributed by atoms with Crippen molar-refractivity contribution >= 4 is 11.9 Å². The molecule has 1 amide bonds. The van der Waals surface area contributed by atoms with Gasteiger partial charge in [-0.1, -0.05) is 19.6 Å². The number of benzene rings is 1. The number of aliphatic hydroxyl groups is 1. The van der Waals surface area contributed by atoms with Gasteiger partial charge >= 0.3 is 5.97 Å². The molecule has 3 aliphatic heterocycles. The van der Waals surface area contributed by atoms with Crippen LogP contribution in [0.1, 0.15) is 85.5 Å². The maximum atomic E-state index is 13.6. The molecule has 1 aromatic rings. The summed E-state index contributed by atoms with van der Waals surface area (Å²) >= 11 is 0. The molecule has 194 valence electrons. The number of carbonyl (C=O) groups is 2. The fraction of sp³-hybridized carbons (Fsp3) is 0.586. The largest absolute Gasteiger partial charge is 0.488 e. The number of aliphatic hydroxyl groups excluding tert-OH is 1. The molecule has 1 saturated heterocycles. The quantitative estimate of drug-likeness (QED) is 0.567. The van der Waals surface area contributed by atoms with Crippen LogP contribution in [0.3, 0.4) is 0 Å². The zero-order valence-electron chi connectivity index (χ0n) is 21.8. The number of rotatable bonds is 7. The Morgan fingerprint density at radius 2 is 1.92 bits per heavy atom. The van der Waals surface area contributed by atoms with Crippen LogP contribution < -0.4 is 0 Å². The minimum absolute atomic E-state index is 0.251. The predicted octanol–water partition coefficient (Wildman–Crippen LogP) is 4.39. The second kappa shape index (κ2) is 9.67. The van der Waals surface area contributed by atoms with E-state index in [1.807, 2.05) is 24.8 Å². The highest BCUT2D eigenvalue weighted by atomic mass is 16.5. The molecule has 1 aromatic carbocycles. The van der Waals surface area contributed by atoms with Crippen LogP contribution in [-0.4, -0.2) is 59.1 Å². The Morgan fingerprint density at radius 3 is 2.58 bits per heavy atom. The minimum atomic E-state index is -0.637. The first-order valence-corrected chi connectivity index (χ1v) is 13.3. The Kier molecular flexibility index (Phi) is 6.72. The fourth-order valence-corrected chi connectivity index (χ4v) is 6.63. The lowest BCUT2D eigenvalue weighted by atomic mass is 9.71. The van der Waals surface area contributed by atoms with E-state index in [2.05, 4.69) is 18.4 Å². The highest BCUT2D eigenvalue weighted by molar-refractivity contribution is 5.94. The summed E-state index contributed by atoms with van der Waals surface area (Å²) in [5, 5.41) is 11.2. The lowest BCUT2D eigenvalue weighted by Gasteiger charge is -2.41. The van der Waals surface area contributed by atoms with Gasteiger partial charge in [0.15, 0.2) is 0 Å². The number of ether oxygens (including phenoxy) is 2. The number of fused-ring (bicyclic) bond motifs is 1. The molecule has 1 unspecified atom stereocenters. The molecule has 1 N–H and O–H groups in total. The average molecular weight is 495 g/mol. The molecule has 1 spiro atoms. The maximum absolute atomic E-state index is 13.6. The maximum Gasteiger partial charge on any atom is 0.338 e. The van der Waals surface area contributed by atoms with Crippen LogP contribution in [0.4, 0.5) is 0 Å².